The number of ether oxygens (including phenoxy) is 3. The summed E-state index contributed by atoms with van der Waals surface area (Å²) in [7, 11) is 0. The maximum Gasteiger partial charge on any atom is 0.356 e. The smallest absolute Gasteiger partial charge is 0.356 e. The third kappa shape index (κ3) is 4.18. The van der Waals surface area contributed by atoms with Crippen LogP contribution < -0.4 is 9.47 Å². The first-order valence-electron chi connectivity index (χ1n) is 11.6. The summed E-state index contributed by atoms with van der Waals surface area (Å²) in [6.45, 7) is 2.65. The number of rotatable bonds is 7. The van der Waals surface area contributed by atoms with Crippen molar-refractivity contribution in [2.75, 3.05) is 13.4 Å². The van der Waals surface area contributed by atoms with E-state index in [2.05, 4.69) is 8.75 Å². The minimum atomic E-state index is -0.403. The van der Waals surface area contributed by atoms with E-state index in [9.17, 15) is 4.79 Å². The van der Waals surface area contributed by atoms with Crippen LogP contribution in [-0.2, 0) is 17.7 Å². The van der Waals surface area contributed by atoms with Crippen molar-refractivity contribution in [1.82, 2.24) is 18.5 Å². The molecule has 9 heteroatoms. The van der Waals surface area contributed by atoms with E-state index in [1.165, 1.54) is 11.7 Å². The molecule has 0 fully saturated rings. The fourth-order valence-electron chi connectivity index (χ4n) is 4.39. The molecule has 0 unspecified atom stereocenters. The summed E-state index contributed by atoms with van der Waals surface area (Å²) in [5.41, 5.74) is 6.57. The summed E-state index contributed by atoms with van der Waals surface area (Å²) in [5.74, 6) is 0.993. The standard InChI is InChI=1S/C27H22N4O4S/c1-2-33-27(32)26-20(12-17-8-10-21-22(13-17)30-36-29-21)25(19-6-4-3-5-7-19)28-31(26)15-18-9-11-23-24(14-18)35-16-34-23/h3-11,13-14H,2,12,15-16H2,1H3. The Balaban J connectivity index is 1.48. The number of fused-ring (bicyclic) bond motifs is 2. The molecule has 0 saturated heterocycles. The zero-order valence-corrected chi connectivity index (χ0v) is 20.3. The molecular formula is C27H22N4O4S. The van der Waals surface area contributed by atoms with Crippen molar-refractivity contribution in [3.8, 4) is 22.8 Å². The van der Waals surface area contributed by atoms with Gasteiger partial charge < -0.3 is 14.2 Å². The molecule has 0 saturated carbocycles. The largest absolute Gasteiger partial charge is 0.461 e. The van der Waals surface area contributed by atoms with Crippen LogP contribution in [0.25, 0.3) is 22.3 Å². The van der Waals surface area contributed by atoms with Crippen LogP contribution in [0.1, 0.15) is 34.1 Å². The lowest BCUT2D eigenvalue weighted by atomic mass is 9.98. The van der Waals surface area contributed by atoms with Crippen molar-refractivity contribution in [3.05, 3.63) is 89.1 Å². The van der Waals surface area contributed by atoms with Crippen LogP contribution in [0.15, 0.2) is 66.7 Å². The lowest BCUT2D eigenvalue weighted by molar-refractivity contribution is 0.0511. The fraction of sp³-hybridized carbons (Fsp3) is 0.185. The number of aromatic nitrogens is 4. The molecule has 1 aliphatic rings. The number of nitrogens with zero attached hydrogens (tertiary/aromatic N) is 4. The summed E-state index contributed by atoms with van der Waals surface area (Å²) in [4.78, 5) is 13.3. The second kappa shape index (κ2) is 9.43. The summed E-state index contributed by atoms with van der Waals surface area (Å²) in [6.07, 6.45) is 0.493. The topological polar surface area (TPSA) is 88.4 Å². The molecule has 0 spiro atoms. The quantitative estimate of drug-likeness (QED) is 0.289. The lowest BCUT2D eigenvalue weighted by Gasteiger charge is -2.10. The average Bonchev–Trinajstić information content (AvgIpc) is 3.63. The van der Waals surface area contributed by atoms with Gasteiger partial charge in [-0.05, 0) is 42.3 Å². The van der Waals surface area contributed by atoms with Crippen molar-refractivity contribution < 1.29 is 19.0 Å². The molecule has 0 bridgehead atoms. The number of carbonyl (C=O) groups excluding carboxylic acids is 1. The van der Waals surface area contributed by atoms with Gasteiger partial charge in [0, 0.05) is 17.5 Å². The molecule has 2 aromatic heterocycles. The lowest BCUT2D eigenvalue weighted by Crippen LogP contribution is -2.16. The predicted molar refractivity (Wildman–Crippen MR) is 136 cm³/mol. The molecule has 0 atom stereocenters. The van der Waals surface area contributed by atoms with Gasteiger partial charge in [0.25, 0.3) is 0 Å². The third-order valence-electron chi connectivity index (χ3n) is 6.03. The molecule has 180 valence electrons. The van der Waals surface area contributed by atoms with E-state index >= 15 is 0 Å². The predicted octanol–water partition coefficient (Wildman–Crippen LogP) is 5.10. The zero-order chi connectivity index (χ0) is 24.5. The minimum absolute atomic E-state index is 0.204. The molecule has 0 amide bonds. The first-order valence-corrected chi connectivity index (χ1v) is 12.3. The highest BCUT2D eigenvalue weighted by molar-refractivity contribution is 7.00. The second-order valence-corrected chi connectivity index (χ2v) is 8.90. The van der Waals surface area contributed by atoms with E-state index < -0.39 is 5.97 Å². The molecule has 0 aliphatic carbocycles. The Morgan fingerprint density at radius 2 is 1.78 bits per heavy atom. The summed E-state index contributed by atoms with van der Waals surface area (Å²) in [6, 6.07) is 21.6. The van der Waals surface area contributed by atoms with Crippen LogP contribution in [0.3, 0.4) is 0 Å². The SMILES string of the molecule is CCOC(=O)c1c(Cc2ccc3nsnc3c2)c(-c2ccccc2)nn1Cc1ccc2c(c1)OCO2. The van der Waals surface area contributed by atoms with Gasteiger partial charge in [-0.3, -0.25) is 4.68 Å². The highest BCUT2D eigenvalue weighted by Crippen LogP contribution is 2.34. The monoisotopic (exact) mass is 498 g/mol. The first-order chi connectivity index (χ1) is 17.7. The Hall–Kier alpha value is -4.24. The maximum atomic E-state index is 13.3. The van der Waals surface area contributed by atoms with Crippen LogP contribution in [-0.4, -0.2) is 37.9 Å². The maximum absolute atomic E-state index is 13.3. The average molecular weight is 499 g/mol. The molecule has 8 nitrogen and oxygen atoms in total. The Labute approximate surface area is 211 Å². The number of benzene rings is 3. The Kier molecular flexibility index (Phi) is 5.82. The van der Waals surface area contributed by atoms with E-state index in [4.69, 9.17) is 19.3 Å². The number of carbonyl (C=O) groups is 1. The van der Waals surface area contributed by atoms with Crippen LogP contribution in [0.2, 0.25) is 0 Å². The molecule has 3 aromatic carbocycles. The van der Waals surface area contributed by atoms with Gasteiger partial charge in [-0.25, -0.2) is 4.79 Å². The van der Waals surface area contributed by atoms with Crippen LogP contribution in [0.5, 0.6) is 11.5 Å². The minimum Gasteiger partial charge on any atom is -0.461 e. The third-order valence-corrected chi connectivity index (χ3v) is 6.59. The van der Waals surface area contributed by atoms with Crippen LogP contribution in [0.4, 0.5) is 0 Å². The molecule has 1 aliphatic heterocycles. The number of hydrogen-bond acceptors (Lipinski definition) is 8. The van der Waals surface area contributed by atoms with Crippen molar-refractivity contribution >= 4 is 28.7 Å². The molecule has 6 rings (SSSR count). The van der Waals surface area contributed by atoms with E-state index in [0.717, 1.165) is 39.0 Å². The van der Waals surface area contributed by atoms with Gasteiger partial charge in [-0.2, -0.15) is 13.8 Å². The van der Waals surface area contributed by atoms with Crippen molar-refractivity contribution in [2.24, 2.45) is 0 Å². The van der Waals surface area contributed by atoms with E-state index in [-0.39, 0.29) is 13.4 Å². The molecule has 3 heterocycles. The highest BCUT2D eigenvalue weighted by Gasteiger charge is 2.26. The van der Waals surface area contributed by atoms with Crippen LogP contribution in [0, 0.1) is 0 Å². The van der Waals surface area contributed by atoms with E-state index in [0.29, 0.717) is 30.2 Å². The van der Waals surface area contributed by atoms with Crippen molar-refractivity contribution in [2.45, 2.75) is 19.9 Å². The Bertz CT molecular complexity index is 1560. The van der Waals surface area contributed by atoms with Crippen LogP contribution >= 0.6 is 11.7 Å². The van der Waals surface area contributed by atoms with Crippen molar-refractivity contribution in [3.63, 3.8) is 0 Å². The van der Waals surface area contributed by atoms with Gasteiger partial charge in [0.1, 0.15) is 11.0 Å². The molecule has 5 aromatic rings. The van der Waals surface area contributed by atoms with Gasteiger partial charge in [-0.1, -0.05) is 42.5 Å². The number of hydrogen-bond donors (Lipinski definition) is 0. The highest BCUT2D eigenvalue weighted by atomic mass is 32.1. The second-order valence-electron chi connectivity index (χ2n) is 8.37. The molecule has 0 N–H and O–H groups in total. The zero-order valence-electron chi connectivity index (χ0n) is 19.5. The van der Waals surface area contributed by atoms with E-state index in [1.54, 1.807) is 11.6 Å². The van der Waals surface area contributed by atoms with Gasteiger partial charge in [-0.15, -0.1) is 0 Å². The van der Waals surface area contributed by atoms with Crippen molar-refractivity contribution in [1.29, 1.82) is 0 Å². The summed E-state index contributed by atoms with van der Waals surface area (Å²) < 4.78 is 26.9. The fourth-order valence-corrected chi connectivity index (χ4v) is 4.91. The summed E-state index contributed by atoms with van der Waals surface area (Å²) in [5, 5.41) is 4.94. The van der Waals surface area contributed by atoms with E-state index in [1.807, 2.05) is 66.7 Å². The van der Waals surface area contributed by atoms with Gasteiger partial charge >= 0.3 is 5.97 Å². The van der Waals surface area contributed by atoms with Gasteiger partial charge in [0.05, 0.1) is 30.6 Å². The molecular weight excluding hydrogens is 476 g/mol. The molecule has 0 radical (unpaired) electrons. The summed E-state index contributed by atoms with van der Waals surface area (Å²) >= 11 is 1.19. The number of esters is 1. The Morgan fingerprint density at radius 1 is 0.972 bits per heavy atom. The van der Waals surface area contributed by atoms with Gasteiger partial charge in [0.2, 0.25) is 6.79 Å². The molecule has 36 heavy (non-hydrogen) atoms. The first kappa shape index (κ1) is 22.2. The van der Waals surface area contributed by atoms with Gasteiger partial charge in [0.15, 0.2) is 17.2 Å². The Morgan fingerprint density at radius 3 is 2.64 bits per heavy atom. The normalized spacial score (nSPS) is 12.2.